The predicted molar refractivity (Wildman–Crippen MR) is 133 cm³/mol. The SMILES string of the molecule is Cc1ccc(Cl)c(OCc2ccc(C(=O)Nc3nn(Cc4ccc(Cl)cc4)cc3Cl)cc2)c1. The molecule has 1 aromatic heterocycles. The quantitative estimate of drug-likeness (QED) is 0.296. The molecule has 3 aromatic carbocycles. The number of aryl methyl sites for hydroxylation is 1. The van der Waals surface area contributed by atoms with Crippen LogP contribution < -0.4 is 10.1 Å². The lowest BCUT2D eigenvalue weighted by Crippen LogP contribution is -2.13. The number of aromatic nitrogens is 2. The molecule has 4 aromatic rings. The molecule has 0 radical (unpaired) electrons. The highest BCUT2D eigenvalue weighted by molar-refractivity contribution is 6.33. The largest absolute Gasteiger partial charge is 0.487 e. The summed E-state index contributed by atoms with van der Waals surface area (Å²) >= 11 is 18.4. The minimum atomic E-state index is -0.303. The fourth-order valence-corrected chi connectivity index (χ4v) is 3.65. The van der Waals surface area contributed by atoms with Crippen LogP contribution in [0, 0.1) is 6.92 Å². The number of nitrogens with one attached hydrogen (secondary N) is 1. The Balaban J connectivity index is 1.37. The normalized spacial score (nSPS) is 10.8. The van der Waals surface area contributed by atoms with Crippen molar-refractivity contribution in [1.29, 1.82) is 0 Å². The van der Waals surface area contributed by atoms with Gasteiger partial charge in [0.05, 0.1) is 11.6 Å². The summed E-state index contributed by atoms with van der Waals surface area (Å²) in [7, 11) is 0. The number of benzene rings is 3. The van der Waals surface area contributed by atoms with Crippen molar-refractivity contribution in [1.82, 2.24) is 9.78 Å². The molecule has 33 heavy (non-hydrogen) atoms. The minimum absolute atomic E-state index is 0.303. The molecule has 0 fully saturated rings. The average molecular weight is 501 g/mol. The first-order valence-corrected chi connectivity index (χ1v) is 11.3. The first-order valence-electron chi connectivity index (χ1n) is 10.1. The molecule has 0 bridgehead atoms. The fraction of sp³-hybridized carbons (Fsp3) is 0.120. The van der Waals surface area contributed by atoms with E-state index < -0.39 is 0 Å². The number of anilines is 1. The number of nitrogens with zero attached hydrogens (tertiary/aromatic N) is 2. The molecule has 8 heteroatoms. The molecule has 0 aliphatic rings. The molecule has 0 atom stereocenters. The second kappa shape index (κ2) is 10.3. The van der Waals surface area contributed by atoms with E-state index in [0.717, 1.165) is 16.7 Å². The summed E-state index contributed by atoms with van der Waals surface area (Å²) in [6.07, 6.45) is 1.67. The van der Waals surface area contributed by atoms with Crippen molar-refractivity contribution in [2.45, 2.75) is 20.1 Å². The number of hydrogen-bond donors (Lipinski definition) is 1. The van der Waals surface area contributed by atoms with Crippen molar-refractivity contribution in [2.75, 3.05) is 5.32 Å². The van der Waals surface area contributed by atoms with Crippen molar-refractivity contribution in [3.05, 3.63) is 110 Å². The van der Waals surface area contributed by atoms with Crippen LogP contribution in [0.3, 0.4) is 0 Å². The van der Waals surface area contributed by atoms with Crippen molar-refractivity contribution < 1.29 is 9.53 Å². The second-order valence-corrected chi connectivity index (χ2v) is 8.77. The topological polar surface area (TPSA) is 56.1 Å². The molecule has 0 unspecified atom stereocenters. The van der Waals surface area contributed by atoms with Gasteiger partial charge in [0.15, 0.2) is 5.82 Å². The summed E-state index contributed by atoms with van der Waals surface area (Å²) in [6.45, 7) is 2.82. The summed E-state index contributed by atoms with van der Waals surface area (Å²) < 4.78 is 7.47. The van der Waals surface area contributed by atoms with Crippen LogP contribution >= 0.6 is 34.8 Å². The Bertz CT molecular complexity index is 1270. The van der Waals surface area contributed by atoms with Gasteiger partial charge < -0.3 is 10.1 Å². The number of carbonyl (C=O) groups is 1. The van der Waals surface area contributed by atoms with E-state index in [2.05, 4.69) is 10.4 Å². The van der Waals surface area contributed by atoms with E-state index in [-0.39, 0.29) is 5.91 Å². The second-order valence-electron chi connectivity index (χ2n) is 7.52. The Labute approximate surface area is 206 Å². The Morgan fingerprint density at radius 1 is 0.939 bits per heavy atom. The molecule has 0 saturated carbocycles. The molecule has 1 N–H and O–H groups in total. The van der Waals surface area contributed by atoms with Gasteiger partial charge in [0.25, 0.3) is 5.91 Å². The summed E-state index contributed by atoms with van der Waals surface area (Å²) in [5, 5.41) is 8.72. The Hall–Kier alpha value is -2.99. The minimum Gasteiger partial charge on any atom is -0.487 e. The Morgan fingerprint density at radius 3 is 2.36 bits per heavy atom. The Kier molecular flexibility index (Phi) is 7.23. The summed E-state index contributed by atoms with van der Waals surface area (Å²) in [6, 6.07) is 20.2. The zero-order valence-electron chi connectivity index (χ0n) is 17.7. The van der Waals surface area contributed by atoms with Gasteiger partial charge in [0.2, 0.25) is 0 Å². The molecule has 0 saturated heterocycles. The molecule has 4 rings (SSSR count). The lowest BCUT2D eigenvalue weighted by atomic mass is 10.1. The molecule has 0 aliphatic heterocycles. The van der Waals surface area contributed by atoms with Gasteiger partial charge in [-0.2, -0.15) is 5.10 Å². The highest BCUT2D eigenvalue weighted by Crippen LogP contribution is 2.26. The summed E-state index contributed by atoms with van der Waals surface area (Å²) in [5.41, 5.74) is 3.47. The molecule has 0 aliphatic carbocycles. The van der Waals surface area contributed by atoms with E-state index in [4.69, 9.17) is 39.5 Å². The third kappa shape index (κ3) is 6.08. The average Bonchev–Trinajstić information content (AvgIpc) is 3.14. The zero-order valence-corrected chi connectivity index (χ0v) is 20.0. The molecule has 1 amide bonds. The van der Waals surface area contributed by atoms with Crippen LogP contribution in [-0.2, 0) is 13.2 Å². The lowest BCUT2D eigenvalue weighted by molar-refractivity contribution is 0.102. The molecule has 1 heterocycles. The highest BCUT2D eigenvalue weighted by Gasteiger charge is 2.13. The predicted octanol–water partition coefficient (Wildman–Crippen LogP) is 7.03. The van der Waals surface area contributed by atoms with Gasteiger partial charge in [-0.15, -0.1) is 0 Å². The molecule has 168 valence electrons. The van der Waals surface area contributed by atoms with Gasteiger partial charge in [-0.3, -0.25) is 9.48 Å². The van der Waals surface area contributed by atoms with Gasteiger partial charge in [0.1, 0.15) is 17.4 Å². The number of amides is 1. The lowest BCUT2D eigenvalue weighted by Gasteiger charge is -2.09. The highest BCUT2D eigenvalue weighted by atomic mass is 35.5. The first-order chi connectivity index (χ1) is 15.9. The van der Waals surface area contributed by atoms with Crippen LogP contribution in [0.15, 0.2) is 72.9 Å². The summed E-state index contributed by atoms with van der Waals surface area (Å²) in [5.74, 6) is 0.627. The van der Waals surface area contributed by atoms with E-state index in [0.29, 0.717) is 45.4 Å². The van der Waals surface area contributed by atoms with Gasteiger partial charge in [-0.1, -0.05) is 65.1 Å². The molecule has 5 nitrogen and oxygen atoms in total. The van der Waals surface area contributed by atoms with E-state index in [1.54, 1.807) is 23.0 Å². The number of hydrogen-bond acceptors (Lipinski definition) is 3. The first kappa shape index (κ1) is 23.2. The Morgan fingerprint density at radius 2 is 1.64 bits per heavy atom. The molecular formula is C25H20Cl3N3O2. The van der Waals surface area contributed by atoms with Crippen molar-refractivity contribution >= 4 is 46.5 Å². The van der Waals surface area contributed by atoms with Gasteiger partial charge in [-0.25, -0.2) is 0 Å². The van der Waals surface area contributed by atoms with Crippen LogP contribution in [0.2, 0.25) is 15.1 Å². The number of halogens is 3. The van der Waals surface area contributed by atoms with Crippen molar-refractivity contribution in [2.24, 2.45) is 0 Å². The maximum absolute atomic E-state index is 12.7. The maximum Gasteiger partial charge on any atom is 0.256 e. The van der Waals surface area contributed by atoms with Crippen LogP contribution in [0.1, 0.15) is 27.0 Å². The standard InChI is InChI=1S/C25H20Cl3N3O2/c1-16-2-11-21(27)23(12-16)33-15-18-3-7-19(8-4-18)25(32)29-24-22(28)14-31(30-24)13-17-5-9-20(26)10-6-17/h2-12,14H,13,15H2,1H3,(H,29,30,32). The van der Waals surface area contributed by atoms with E-state index in [9.17, 15) is 4.79 Å². The zero-order chi connectivity index (χ0) is 23.4. The van der Waals surface area contributed by atoms with Crippen LogP contribution in [0.4, 0.5) is 5.82 Å². The van der Waals surface area contributed by atoms with Crippen LogP contribution in [-0.4, -0.2) is 15.7 Å². The fourth-order valence-electron chi connectivity index (χ4n) is 3.15. The van der Waals surface area contributed by atoms with Gasteiger partial charge in [-0.05, 0) is 60.0 Å². The van der Waals surface area contributed by atoms with Crippen LogP contribution in [0.25, 0.3) is 0 Å². The number of ether oxygens (including phenoxy) is 1. The maximum atomic E-state index is 12.7. The van der Waals surface area contributed by atoms with E-state index >= 15 is 0 Å². The summed E-state index contributed by atoms with van der Waals surface area (Å²) in [4.78, 5) is 12.7. The van der Waals surface area contributed by atoms with Crippen molar-refractivity contribution in [3.63, 3.8) is 0 Å². The smallest absolute Gasteiger partial charge is 0.256 e. The number of rotatable bonds is 7. The van der Waals surface area contributed by atoms with Crippen molar-refractivity contribution in [3.8, 4) is 5.75 Å². The van der Waals surface area contributed by atoms with Crippen LogP contribution in [0.5, 0.6) is 5.75 Å². The third-order valence-corrected chi connectivity index (χ3v) is 5.74. The van der Waals surface area contributed by atoms with Gasteiger partial charge in [0, 0.05) is 16.8 Å². The van der Waals surface area contributed by atoms with E-state index in [1.807, 2.05) is 61.5 Å². The molecule has 0 spiro atoms. The monoisotopic (exact) mass is 499 g/mol. The van der Waals surface area contributed by atoms with Gasteiger partial charge >= 0.3 is 0 Å². The van der Waals surface area contributed by atoms with E-state index in [1.165, 1.54) is 0 Å². The number of carbonyl (C=O) groups excluding carboxylic acids is 1. The molecular weight excluding hydrogens is 481 g/mol. The third-order valence-electron chi connectivity index (χ3n) is 4.90.